The molecule has 23 heavy (non-hydrogen) atoms. The summed E-state index contributed by atoms with van der Waals surface area (Å²) in [4.78, 5) is 28.1. The largest absolute Gasteiger partial charge is 0.369 e. The summed E-state index contributed by atoms with van der Waals surface area (Å²) in [7, 11) is 0. The van der Waals surface area contributed by atoms with Crippen LogP contribution in [-0.2, 0) is 4.74 Å². The minimum Gasteiger partial charge on any atom is -0.369 e. The minimum atomic E-state index is -0.258. The first-order valence-electron chi connectivity index (χ1n) is 7.42. The lowest BCUT2D eigenvalue weighted by Gasteiger charge is -2.38. The number of carbonyl (C=O) groups is 1. The lowest BCUT2D eigenvalue weighted by Crippen LogP contribution is -2.48. The summed E-state index contributed by atoms with van der Waals surface area (Å²) in [5, 5.41) is 0.628. The van der Waals surface area contributed by atoms with E-state index in [0.29, 0.717) is 23.7 Å². The second-order valence-electron chi connectivity index (χ2n) is 5.59. The van der Waals surface area contributed by atoms with Crippen LogP contribution in [-0.4, -0.2) is 35.0 Å². The fraction of sp³-hybridized carbons (Fsp3) is 0.294. The quantitative estimate of drug-likeness (QED) is 0.919. The average Bonchev–Trinajstić information content (AvgIpc) is 2.56. The average molecular weight is 333 g/mol. The number of aromatic nitrogens is 1. The molecule has 1 aromatic carbocycles. The van der Waals surface area contributed by atoms with Gasteiger partial charge < -0.3 is 14.6 Å². The molecule has 0 saturated carbocycles. The molecule has 0 unspecified atom stereocenters. The van der Waals surface area contributed by atoms with Crippen LogP contribution in [0.15, 0.2) is 47.4 Å². The zero-order chi connectivity index (χ0) is 16.4. The van der Waals surface area contributed by atoms with Crippen molar-refractivity contribution in [3.63, 3.8) is 0 Å². The van der Waals surface area contributed by atoms with Gasteiger partial charge in [0.2, 0.25) is 5.56 Å². The molecule has 6 heteroatoms. The highest BCUT2D eigenvalue weighted by molar-refractivity contribution is 6.31. The van der Waals surface area contributed by atoms with Crippen LogP contribution in [0.1, 0.15) is 28.9 Å². The van der Waals surface area contributed by atoms with Gasteiger partial charge in [0.05, 0.1) is 24.8 Å². The number of nitrogens with zero attached hydrogens (tertiary/aromatic N) is 1. The number of aromatic amines is 1. The lowest BCUT2D eigenvalue weighted by molar-refractivity contribution is -0.0486. The van der Waals surface area contributed by atoms with Gasteiger partial charge in [-0.1, -0.05) is 29.8 Å². The molecular formula is C17H17ClN2O3. The number of pyridine rings is 1. The molecule has 1 amide bonds. The Labute approximate surface area is 138 Å². The van der Waals surface area contributed by atoms with Gasteiger partial charge in [0.15, 0.2) is 0 Å². The molecule has 120 valence electrons. The Morgan fingerprint density at radius 1 is 1.30 bits per heavy atom. The second kappa shape index (κ2) is 6.56. The van der Waals surface area contributed by atoms with E-state index in [2.05, 4.69) is 4.98 Å². The number of hydrogen-bond acceptors (Lipinski definition) is 3. The van der Waals surface area contributed by atoms with Crippen molar-refractivity contribution in [3.8, 4) is 0 Å². The first-order chi connectivity index (χ1) is 11.1. The SMILES string of the molecule is C[C@@H]1CO[C@@H](c2ccccc2Cl)CN1C(=O)c1ccc(=O)[nH]c1. The van der Waals surface area contributed by atoms with Crippen molar-refractivity contribution in [3.05, 3.63) is 69.1 Å². The molecule has 0 spiro atoms. The Bertz CT molecular complexity index is 754. The van der Waals surface area contributed by atoms with Gasteiger partial charge in [-0.3, -0.25) is 9.59 Å². The third kappa shape index (κ3) is 3.30. The summed E-state index contributed by atoms with van der Waals surface area (Å²) >= 11 is 6.23. The maximum absolute atomic E-state index is 12.7. The molecule has 1 aromatic heterocycles. The number of halogens is 1. The Kier molecular flexibility index (Phi) is 4.50. The Morgan fingerprint density at radius 2 is 2.09 bits per heavy atom. The number of ether oxygens (including phenoxy) is 1. The summed E-state index contributed by atoms with van der Waals surface area (Å²) in [6.07, 6.45) is 1.18. The van der Waals surface area contributed by atoms with Crippen molar-refractivity contribution in [2.24, 2.45) is 0 Å². The summed E-state index contributed by atoms with van der Waals surface area (Å²) < 4.78 is 5.86. The molecule has 2 aromatic rings. The smallest absolute Gasteiger partial charge is 0.255 e. The van der Waals surface area contributed by atoms with Gasteiger partial charge in [-0.2, -0.15) is 0 Å². The summed E-state index contributed by atoms with van der Waals surface area (Å²) in [5.41, 5.74) is 1.10. The molecule has 3 rings (SSSR count). The molecule has 5 nitrogen and oxygen atoms in total. The Balaban J connectivity index is 1.83. The predicted molar refractivity (Wildman–Crippen MR) is 87.7 cm³/mol. The molecule has 2 heterocycles. The van der Waals surface area contributed by atoms with Gasteiger partial charge in [0, 0.05) is 22.8 Å². The van der Waals surface area contributed by atoms with Crippen LogP contribution < -0.4 is 5.56 Å². The van der Waals surface area contributed by atoms with Gasteiger partial charge >= 0.3 is 0 Å². The number of H-pyrrole nitrogens is 1. The van der Waals surface area contributed by atoms with Crippen LogP contribution in [0.2, 0.25) is 5.02 Å². The van der Waals surface area contributed by atoms with E-state index in [1.54, 1.807) is 4.90 Å². The van der Waals surface area contributed by atoms with Gasteiger partial charge in [-0.15, -0.1) is 0 Å². The van der Waals surface area contributed by atoms with E-state index in [1.165, 1.54) is 18.3 Å². The third-order valence-corrected chi connectivity index (χ3v) is 4.32. The topological polar surface area (TPSA) is 62.4 Å². The van der Waals surface area contributed by atoms with Crippen molar-refractivity contribution < 1.29 is 9.53 Å². The normalized spacial score (nSPS) is 21.2. The number of morpholine rings is 1. The van der Waals surface area contributed by atoms with Crippen molar-refractivity contribution >= 4 is 17.5 Å². The standard InChI is InChI=1S/C17H17ClN2O3/c1-11-10-23-15(13-4-2-3-5-14(13)18)9-20(11)17(22)12-6-7-16(21)19-8-12/h2-8,11,15H,9-10H2,1H3,(H,19,21)/t11-,15-/m1/s1. The first kappa shape index (κ1) is 15.8. The highest BCUT2D eigenvalue weighted by Crippen LogP contribution is 2.30. The molecule has 0 radical (unpaired) electrons. The molecule has 0 aliphatic carbocycles. The second-order valence-corrected chi connectivity index (χ2v) is 6.00. The molecule has 0 bridgehead atoms. The van der Waals surface area contributed by atoms with Crippen LogP contribution in [0.4, 0.5) is 0 Å². The van der Waals surface area contributed by atoms with Crippen molar-refractivity contribution in [1.29, 1.82) is 0 Å². The van der Waals surface area contributed by atoms with Crippen LogP contribution in [0.25, 0.3) is 0 Å². The Hall–Kier alpha value is -2.11. The monoisotopic (exact) mass is 332 g/mol. The van der Waals surface area contributed by atoms with E-state index in [0.717, 1.165) is 5.56 Å². The maximum Gasteiger partial charge on any atom is 0.255 e. The molecule has 2 atom stereocenters. The molecule has 1 aliphatic rings. The van der Waals surface area contributed by atoms with E-state index in [4.69, 9.17) is 16.3 Å². The molecule has 1 fully saturated rings. The van der Waals surface area contributed by atoms with Crippen molar-refractivity contribution in [2.75, 3.05) is 13.2 Å². The molecule has 1 saturated heterocycles. The fourth-order valence-electron chi connectivity index (χ4n) is 2.67. The van der Waals surface area contributed by atoms with Gasteiger partial charge in [-0.05, 0) is 19.1 Å². The van der Waals surface area contributed by atoms with Gasteiger partial charge in [0.25, 0.3) is 5.91 Å². The number of benzene rings is 1. The predicted octanol–water partition coefficient (Wildman–Crippen LogP) is 2.63. The lowest BCUT2D eigenvalue weighted by atomic mass is 10.0. The molecule has 1 aliphatic heterocycles. The number of carbonyl (C=O) groups excluding carboxylic acids is 1. The zero-order valence-corrected chi connectivity index (χ0v) is 13.4. The van der Waals surface area contributed by atoms with Crippen LogP contribution >= 0.6 is 11.6 Å². The number of rotatable bonds is 2. The third-order valence-electron chi connectivity index (χ3n) is 3.98. The van der Waals surface area contributed by atoms with Crippen LogP contribution in [0.3, 0.4) is 0 Å². The fourth-order valence-corrected chi connectivity index (χ4v) is 2.93. The molecule has 1 N–H and O–H groups in total. The minimum absolute atomic E-state index is 0.0480. The van der Waals surface area contributed by atoms with E-state index < -0.39 is 0 Å². The van der Waals surface area contributed by atoms with Crippen molar-refractivity contribution in [1.82, 2.24) is 9.88 Å². The van der Waals surface area contributed by atoms with E-state index in [1.807, 2.05) is 31.2 Å². The van der Waals surface area contributed by atoms with Crippen LogP contribution in [0.5, 0.6) is 0 Å². The highest BCUT2D eigenvalue weighted by Gasteiger charge is 2.31. The van der Waals surface area contributed by atoms with E-state index in [-0.39, 0.29) is 23.6 Å². The number of nitrogens with one attached hydrogen (secondary N) is 1. The summed E-state index contributed by atoms with van der Waals surface area (Å²) in [6, 6.07) is 10.3. The number of hydrogen-bond donors (Lipinski definition) is 1. The Morgan fingerprint density at radius 3 is 2.78 bits per heavy atom. The van der Waals surface area contributed by atoms with Crippen LogP contribution in [0, 0.1) is 0 Å². The maximum atomic E-state index is 12.7. The summed E-state index contributed by atoms with van der Waals surface area (Å²) in [6.45, 7) is 2.79. The number of amides is 1. The molecular weight excluding hydrogens is 316 g/mol. The van der Waals surface area contributed by atoms with E-state index >= 15 is 0 Å². The van der Waals surface area contributed by atoms with Gasteiger partial charge in [0.1, 0.15) is 6.10 Å². The van der Waals surface area contributed by atoms with E-state index in [9.17, 15) is 9.59 Å². The zero-order valence-electron chi connectivity index (χ0n) is 12.7. The summed E-state index contributed by atoms with van der Waals surface area (Å²) in [5.74, 6) is -0.130. The first-order valence-corrected chi connectivity index (χ1v) is 7.80. The highest BCUT2D eigenvalue weighted by atomic mass is 35.5. The van der Waals surface area contributed by atoms with Gasteiger partial charge in [-0.25, -0.2) is 0 Å². The van der Waals surface area contributed by atoms with Crippen molar-refractivity contribution in [2.45, 2.75) is 19.1 Å².